The maximum Gasteiger partial charge on any atom is 0.407 e. The summed E-state index contributed by atoms with van der Waals surface area (Å²) in [7, 11) is 1.73. The fourth-order valence-electron chi connectivity index (χ4n) is 2.16. The smallest absolute Gasteiger partial charge is 0.407 e. The number of rotatable bonds is 12. The van der Waals surface area contributed by atoms with Crippen LogP contribution in [0.4, 0.5) is 4.79 Å². The number of thioether (sulfide) groups is 1. The minimum absolute atomic E-state index is 0.321. The first-order valence-electron chi connectivity index (χ1n) is 8.58. The molecule has 0 saturated carbocycles. The molecule has 2 unspecified atom stereocenters. The largest absolute Gasteiger partial charge is 0.444 e. The van der Waals surface area contributed by atoms with E-state index in [1.165, 1.54) is 11.5 Å². The van der Waals surface area contributed by atoms with Crippen molar-refractivity contribution in [2.75, 3.05) is 31.8 Å². The monoisotopic (exact) mass is 348 g/mol. The minimum atomic E-state index is -0.448. The van der Waals surface area contributed by atoms with Crippen LogP contribution in [0.15, 0.2) is 0 Å². The van der Waals surface area contributed by atoms with Crippen molar-refractivity contribution in [3.05, 3.63) is 0 Å². The van der Waals surface area contributed by atoms with E-state index in [9.17, 15) is 4.79 Å². The van der Waals surface area contributed by atoms with E-state index >= 15 is 0 Å². The van der Waals surface area contributed by atoms with Gasteiger partial charge in [0.1, 0.15) is 5.60 Å². The van der Waals surface area contributed by atoms with Crippen molar-refractivity contribution in [1.82, 2.24) is 10.6 Å². The first kappa shape index (κ1) is 22.5. The van der Waals surface area contributed by atoms with Crippen LogP contribution in [0, 0.1) is 0 Å². The van der Waals surface area contributed by atoms with Gasteiger partial charge in [-0.15, -0.1) is 0 Å². The average molecular weight is 349 g/mol. The third-order valence-corrected chi connectivity index (χ3v) is 4.12. The van der Waals surface area contributed by atoms with Crippen LogP contribution in [-0.2, 0) is 9.47 Å². The molecule has 0 fully saturated rings. The number of nitrogens with one attached hydrogen (secondary N) is 2. The highest BCUT2D eigenvalue weighted by atomic mass is 32.2. The van der Waals surface area contributed by atoms with Gasteiger partial charge in [-0.3, -0.25) is 0 Å². The number of hydrogen-bond acceptors (Lipinski definition) is 5. The fourth-order valence-corrected chi connectivity index (χ4v) is 2.97. The second kappa shape index (κ2) is 12.9. The number of ether oxygens (including phenoxy) is 2. The highest BCUT2D eigenvalue weighted by Crippen LogP contribution is 2.08. The molecule has 2 atom stereocenters. The molecule has 0 aromatic heterocycles. The van der Waals surface area contributed by atoms with E-state index in [0.29, 0.717) is 25.2 Å². The molecule has 0 bridgehead atoms. The molecular weight excluding hydrogens is 312 g/mol. The predicted octanol–water partition coefficient (Wildman–Crippen LogP) is 3.43. The maximum absolute atomic E-state index is 11.6. The zero-order valence-electron chi connectivity index (χ0n) is 15.7. The molecule has 0 aromatic rings. The Morgan fingerprint density at radius 2 is 1.96 bits per heavy atom. The summed E-state index contributed by atoms with van der Waals surface area (Å²) in [6, 6.07) is 0.801. The van der Waals surface area contributed by atoms with Gasteiger partial charge in [0.05, 0.1) is 6.61 Å². The van der Waals surface area contributed by atoms with E-state index in [2.05, 4.69) is 24.5 Å². The third-order valence-electron chi connectivity index (χ3n) is 3.18. The molecule has 0 saturated heterocycles. The molecule has 0 rings (SSSR count). The number of amides is 1. The van der Waals surface area contributed by atoms with Crippen molar-refractivity contribution in [2.45, 2.75) is 71.6 Å². The highest BCUT2D eigenvalue weighted by Gasteiger charge is 2.16. The molecule has 0 spiro atoms. The Morgan fingerprint density at radius 3 is 2.52 bits per heavy atom. The van der Waals surface area contributed by atoms with Crippen LogP contribution in [-0.4, -0.2) is 55.5 Å². The van der Waals surface area contributed by atoms with E-state index in [1.807, 2.05) is 32.5 Å². The van der Waals surface area contributed by atoms with Gasteiger partial charge in [-0.05, 0) is 58.5 Å². The Labute approximate surface area is 146 Å². The SMILES string of the molecule is CCSCCC(C)NC(CCCNC(=O)OC(C)(C)C)COC. The Balaban J connectivity index is 3.93. The lowest BCUT2D eigenvalue weighted by atomic mass is 10.1. The van der Waals surface area contributed by atoms with Gasteiger partial charge in [-0.2, -0.15) is 11.8 Å². The van der Waals surface area contributed by atoms with Crippen LogP contribution in [0.3, 0.4) is 0 Å². The van der Waals surface area contributed by atoms with Crippen LogP contribution in [0.5, 0.6) is 0 Å². The quantitative estimate of drug-likeness (QED) is 0.529. The molecule has 0 aliphatic heterocycles. The Bertz CT molecular complexity index is 309. The second-order valence-electron chi connectivity index (χ2n) is 6.78. The van der Waals surface area contributed by atoms with Gasteiger partial charge < -0.3 is 20.1 Å². The number of carbonyl (C=O) groups is 1. The first-order valence-corrected chi connectivity index (χ1v) is 9.73. The summed E-state index contributed by atoms with van der Waals surface area (Å²) < 4.78 is 10.5. The molecule has 23 heavy (non-hydrogen) atoms. The maximum atomic E-state index is 11.6. The number of methoxy groups -OCH3 is 1. The van der Waals surface area contributed by atoms with Crippen LogP contribution >= 0.6 is 11.8 Å². The highest BCUT2D eigenvalue weighted by molar-refractivity contribution is 7.99. The van der Waals surface area contributed by atoms with Gasteiger partial charge in [0, 0.05) is 25.7 Å². The summed E-state index contributed by atoms with van der Waals surface area (Å²) in [6.07, 6.45) is 2.68. The molecular formula is C17H36N2O3S. The molecule has 138 valence electrons. The lowest BCUT2D eigenvalue weighted by Crippen LogP contribution is -2.40. The van der Waals surface area contributed by atoms with Crippen LogP contribution in [0.2, 0.25) is 0 Å². The molecule has 5 nitrogen and oxygen atoms in total. The van der Waals surface area contributed by atoms with Gasteiger partial charge in [-0.1, -0.05) is 6.92 Å². The topological polar surface area (TPSA) is 59.6 Å². The van der Waals surface area contributed by atoms with Gasteiger partial charge in [0.2, 0.25) is 0 Å². The Hall–Kier alpha value is -0.460. The van der Waals surface area contributed by atoms with E-state index in [0.717, 1.165) is 19.3 Å². The zero-order chi connectivity index (χ0) is 17.7. The van der Waals surface area contributed by atoms with Gasteiger partial charge >= 0.3 is 6.09 Å². The summed E-state index contributed by atoms with van der Waals surface area (Å²) in [4.78, 5) is 11.6. The van der Waals surface area contributed by atoms with Gasteiger partial charge in [0.15, 0.2) is 0 Å². The van der Waals surface area contributed by atoms with Crippen LogP contribution < -0.4 is 10.6 Å². The molecule has 0 heterocycles. The number of hydrogen-bond donors (Lipinski definition) is 2. The lowest BCUT2D eigenvalue weighted by molar-refractivity contribution is 0.0526. The summed E-state index contributed by atoms with van der Waals surface area (Å²) in [5, 5.41) is 6.42. The van der Waals surface area contributed by atoms with Crippen molar-refractivity contribution in [3.63, 3.8) is 0 Å². The summed E-state index contributed by atoms with van der Waals surface area (Å²) in [5.41, 5.74) is -0.448. The van der Waals surface area contributed by atoms with E-state index < -0.39 is 5.60 Å². The van der Waals surface area contributed by atoms with Crippen molar-refractivity contribution in [1.29, 1.82) is 0 Å². The summed E-state index contributed by atoms with van der Waals surface area (Å²) in [6.45, 7) is 11.3. The predicted molar refractivity (Wildman–Crippen MR) is 99.3 cm³/mol. The van der Waals surface area contributed by atoms with Crippen LogP contribution in [0.25, 0.3) is 0 Å². The molecule has 0 radical (unpaired) electrons. The zero-order valence-corrected chi connectivity index (χ0v) is 16.6. The second-order valence-corrected chi connectivity index (χ2v) is 8.17. The molecule has 0 aromatic carbocycles. The van der Waals surface area contributed by atoms with E-state index in [4.69, 9.17) is 9.47 Å². The Kier molecular flexibility index (Phi) is 12.6. The first-order chi connectivity index (χ1) is 10.8. The summed E-state index contributed by atoms with van der Waals surface area (Å²) in [5.74, 6) is 2.36. The van der Waals surface area contributed by atoms with Crippen molar-refractivity contribution in [2.24, 2.45) is 0 Å². The van der Waals surface area contributed by atoms with E-state index in [-0.39, 0.29) is 6.09 Å². The minimum Gasteiger partial charge on any atom is -0.444 e. The fraction of sp³-hybridized carbons (Fsp3) is 0.941. The molecule has 0 aliphatic carbocycles. The molecule has 2 N–H and O–H groups in total. The van der Waals surface area contributed by atoms with E-state index in [1.54, 1.807) is 7.11 Å². The van der Waals surface area contributed by atoms with Crippen molar-refractivity contribution >= 4 is 17.9 Å². The van der Waals surface area contributed by atoms with Crippen molar-refractivity contribution < 1.29 is 14.3 Å². The molecule has 1 amide bonds. The van der Waals surface area contributed by atoms with Crippen molar-refractivity contribution in [3.8, 4) is 0 Å². The number of carbonyl (C=O) groups excluding carboxylic acids is 1. The third kappa shape index (κ3) is 14.8. The lowest BCUT2D eigenvalue weighted by Gasteiger charge is -2.23. The Morgan fingerprint density at radius 1 is 1.26 bits per heavy atom. The standard InChI is InChI=1S/C17H36N2O3S/c1-7-23-12-10-14(2)19-15(13-21-6)9-8-11-18-16(20)22-17(3,4)5/h14-15,19H,7-13H2,1-6H3,(H,18,20). The average Bonchev–Trinajstić information content (AvgIpc) is 2.42. The number of alkyl carbamates (subject to hydrolysis) is 1. The molecule has 6 heteroatoms. The molecule has 0 aliphatic rings. The normalized spacial score (nSPS) is 14.3. The van der Waals surface area contributed by atoms with Gasteiger partial charge in [0.25, 0.3) is 0 Å². The van der Waals surface area contributed by atoms with Crippen LogP contribution in [0.1, 0.15) is 53.9 Å². The van der Waals surface area contributed by atoms with Gasteiger partial charge in [-0.25, -0.2) is 4.79 Å². The summed E-state index contributed by atoms with van der Waals surface area (Å²) >= 11 is 1.97.